The first-order chi connectivity index (χ1) is 13.7. The van der Waals surface area contributed by atoms with E-state index in [2.05, 4.69) is 9.97 Å². The van der Waals surface area contributed by atoms with Crippen LogP contribution in [-0.2, 0) is 14.4 Å². The van der Waals surface area contributed by atoms with E-state index in [1.807, 2.05) is 13.0 Å². The largest absolute Gasteiger partial charge is 0.503 e. The van der Waals surface area contributed by atoms with Crippen LogP contribution in [0.15, 0.2) is 73.3 Å². The second kappa shape index (κ2) is 9.18. The van der Waals surface area contributed by atoms with Crippen LogP contribution in [0.25, 0.3) is 5.57 Å². The normalized spacial score (nSPS) is 10.9. The molecule has 0 radical (unpaired) electrons. The zero-order valence-corrected chi connectivity index (χ0v) is 15.4. The number of aryl methyl sites for hydroxylation is 1. The van der Waals surface area contributed by atoms with Crippen molar-refractivity contribution in [1.29, 1.82) is 0 Å². The molecule has 7 nitrogen and oxygen atoms in total. The van der Waals surface area contributed by atoms with Gasteiger partial charge in [0.05, 0.1) is 13.4 Å². The fourth-order valence-electron chi connectivity index (χ4n) is 2.23. The molecule has 3 rings (SSSR count). The summed E-state index contributed by atoms with van der Waals surface area (Å²) in [4.78, 5) is 30.6. The molecule has 2 aromatic carbocycles. The van der Waals surface area contributed by atoms with E-state index in [4.69, 9.17) is 19.2 Å². The number of carbonyl (C=O) groups is 1. The molecule has 0 unspecified atom stereocenters. The summed E-state index contributed by atoms with van der Waals surface area (Å²) < 4.78 is 10.5. The van der Waals surface area contributed by atoms with Gasteiger partial charge in [0.15, 0.2) is 5.75 Å². The lowest BCUT2D eigenvalue weighted by Crippen LogP contribution is -2.10. The fraction of sp³-hybridized carbons (Fsp3) is 0.0952. The average Bonchev–Trinajstić information content (AvgIpc) is 2.73. The molecule has 0 saturated carbocycles. The number of carbonyl (C=O) groups excluding carboxylic acids is 1. The van der Waals surface area contributed by atoms with Gasteiger partial charge in [0.2, 0.25) is 0 Å². The summed E-state index contributed by atoms with van der Waals surface area (Å²) in [5.41, 5.74) is 1.80. The van der Waals surface area contributed by atoms with Crippen molar-refractivity contribution in [3.05, 3.63) is 84.4 Å². The SMILES string of the molecule is CO/C=C(\C(=O)OOc1cccc(Oc2ncc(C)cn2)c1)c1ccccc1. The van der Waals surface area contributed by atoms with E-state index in [1.54, 1.807) is 60.9 Å². The smallest absolute Gasteiger partial charge is 0.389 e. The minimum absolute atomic E-state index is 0.203. The van der Waals surface area contributed by atoms with Crippen molar-refractivity contribution in [3.8, 4) is 17.5 Å². The molecule has 3 aromatic rings. The highest BCUT2D eigenvalue weighted by Gasteiger charge is 2.16. The van der Waals surface area contributed by atoms with Gasteiger partial charge < -0.3 is 9.47 Å². The van der Waals surface area contributed by atoms with Gasteiger partial charge in [-0.05, 0) is 30.2 Å². The number of ether oxygens (including phenoxy) is 2. The molecule has 28 heavy (non-hydrogen) atoms. The number of rotatable bonds is 7. The predicted octanol–water partition coefficient (Wildman–Crippen LogP) is 4.10. The van der Waals surface area contributed by atoms with Crippen LogP contribution in [-0.4, -0.2) is 23.0 Å². The number of methoxy groups -OCH3 is 1. The molecular formula is C21H18N2O5. The summed E-state index contributed by atoms with van der Waals surface area (Å²) in [6.07, 6.45) is 4.60. The Bertz CT molecular complexity index is 956. The van der Waals surface area contributed by atoms with E-state index in [9.17, 15) is 4.79 Å². The topological polar surface area (TPSA) is 79.8 Å². The van der Waals surface area contributed by atoms with E-state index in [0.717, 1.165) is 5.56 Å². The highest BCUT2D eigenvalue weighted by atomic mass is 17.2. The summed E-state index contributed by atoms with van der Waals surface area (Å²) in [6.45, 7) is 1.88. The lowest BCUT2D eigenvalue weighted by Gasteiger charge is -2.09. The Morgan fingerprint density at radius 3 is 2.39 bits per heavy atom. The Kier molecular flexibility index (Phi) is 6.20. The van der Waals surface area contributed by atoms with Gasteiger partial charge in [-0.3, -0.25) is 4.89 Å². The maximum Gasteiger partial charge on any atom is 0.389 e. The van der Waals surface area contributed by atoms with Crippen LogP contribution in [0, 0.1) is 6.92 Å². The van der Waals surface area contributed by atoms with Crippen LogP contribution >= 0.6 is 0 Å². The first-order valence-corrected chi connectivity index (χ1v) is 8.39. The van der Waals surface area contributed by atoms with Crippen LogP contribution in [0.5, 0.6) is 17.5 Å². The van der Waals surface area contributed by atoms with Gasteiger partial charge in [-0.1, -0.05) is 36.4 Å². The van der Waals surface area contributed by atoms with Crippen molar-refractivity contribution in [2.24, 2.45) is 0 Å². The Morgan fingerprint density at radius 1 is 0.964 bits per heavy atom. The zero-order chi connectivity index (χ0) is 19.8. The monoisotopic (exact) mass is 378 g/mol. The molecule has 0 atom stereocenters. The summed E-state index contributed by atoms with van der Waals surface area (Å²) in [5, 5.41) is 0. The molecule has 0 aliphatic heterocycles. The van der Waals surface area contributed by atoms with E-state index < -0.39 is 5.97 Å². The first kappa shape index (κ1) is 18.9. The minimum atomic E-state index is -0.693. The molecule has 0 saturated heterocycles. The van der Waals surface area contributed by atoms with E-state index in [1.165, 1.54) is 13.4 Å². The average molecular weight is 378 g/mol. The molecule has 0 fully saturated rings. The first-order valence-electron chi connectivity index (χ1n) is 8.39. The summed E-state index contributed by atoms with van der Waals surface area (Å²) in [5.74, 6) is 0.0251. The van der Waals surface area contributed by atoms with Gasteiger partial charge in [0.25, 0.3) is 0 Å². The number of benzene rings is 2. The molecule has 142 valence electrons. The summed E-state index contributed by atoms with van der Waals surface area (Å²) >= 11 is 0. The third-order valence-electron chi connectivity index (χ3n) is 3.53. The molecule has 7 heteroatoms. The van der Waals surface area contributed by atoms with Crippen LogP contribution in [0.1, 0.15) is 11.1 Å². The van der Waals surface area contributed by atoms with Crippen LogP contribution < -0.4 is 9.62 Å². The molecular weight excluding hydrogens is 360 g/mol. The van der Waals surface area contributed by atoms with Crippen LogP contribution in [0.2, 0.25) is 0 Å². The molecule has 1 heterocycles. The third kappa shape index (κ3) is 5.07. The van der Waals surface area contributed by atoms with Crippen molar-refractivity contribution in [3.63, 3.8) is 0 Å². The molecule has 1 aromatic heterocycles. The Balaban J connectivity index is 1.66. The number of nitrogens with zero attached hydrogens (tertiary/aromatic N) is 2. The third-order valence-corrected chi connectivity index (χ3v) is 3.53. The van der Waals surface area contributed by atoms with Gasteiger partial charge in [0, 0.05) is 18.5 Å². The Morgan fingerprint density at radius 2 is 1.68 bits per heavy atom. The van der Waals surface area contributed by atoms with Gasteiger partial charge in [-0.25, -0.2) is 19.7 Å². The molecule has 0 amide bonds. The van der Waals surface area contributed by atoms with Crippen molar-refractivity contribution >= 4 is 11.5 Å². The van der Waals surface area contributed by atoms with Crippen molar-refractivity contribution in [1.82, 2.24) is 9.97 Å². The van der Waals surface area contributed by atoms with E-state index >= 15 is 0 Å². The predicted molar refractivity (Wildman–Crippen MR) is 101 cm³/mol. The molecule has 0 N–H and O–H groups in total. The summed E-state index contributed by atoms with van der Waals surface area (Å²) in [6, 6.07) is 15.8. The van der Waals surface area contributed by atoms with Gasteiger partial charge in [-0.2, -0.15) is 0 Å². The maximum atomic E-state index is 12.4. The van der Waals surface area contributed by atoms with Crippen LogP contribution in [0.4, 0.5) is 0 Å². The minimum Gasteiger partial charge on any atom is -0.503 e. The molecule has 0 aliphatic carbocycles. The standard InChI is InChI=1S/C21H18N2O5/c1-15-12-22-21(23-13-15)26-17-9-6-10-18(11-17)27-28-20(24)19(14-25-2)16-7-4-3-5-8-16/h3-14H,1-2H3/b19-14-. The fourth-order valence-corrected chi connectivity index (χ4v) is 2.23. The van der Waals surface area contributed by atoms with Gasteiger partial charge in [0.1, 0.15) is 11.3 Å². The molecule has 0 bridgehead atoms. The number of hydrogen-bond acceptors (Lipinski definition) is 7. The van der Waals surface area contributed by atoms with Gasteiger partial charge >= 0.3 is 12.0 Å². The second-order valence-corrected chi connectivity index (χ2v) is 5.71. The maximum absolute atomic E-state index is 12.4. The zero-order valence-electron chi connectivity index (χ0n) is 15.4. The Hall–Kier alpha value is -3.87. The Labute approximate surface area is 162 Å². The highest BCUT2D eigenvalue weighted by Crippen LogP contribution is 2.24. The van der Waals surface area contributed by atoms with E-state index in [-0.39, 0.29) is 17.3 Å². The lowest BCUT2D eigenvalue weighted by molar-refractivity contribution is -0.206. The molecule has 0 spiro atoms. The van der Waals surface area contributed by atoms with Crippen molar-refractivity contribution in [2.45, 2.75) is 6.92 Å². The van der Waals surface area contributed by atoms with Crippen molar-refractivity contribution in [2.75, 3.05) is 7.11 Å². The number of aromatic nitrogens is 2. The molecule has 0 aliphatic rings. The lowest BCUT2D eigenvalue weighted by atomic mass is 10.1. The van der Waals surface area contributed by atoms with Crippen LogP contribution in [0.3, 0.4) is 0 Å². The second-order valence-electron chi connectivity index (χ2n) is 5.71. The summed E-state index contributed by atoms with van der Waals surface area (Å²) in [7, 11) is 1.45. The highest BCUT2D eigenvalue weighted by molar-refractivity contribution is 6.15. The quantitative estimate of drug-likeness (QED) is 0.265. The van der Waals surface area contributed by atoms with Crippen molar-refractivity contribution < 1.29 is 24.0 Å². The van der Waals surface area contributed by atoms with E-state index in [0.29, 0.717) is 11.3 Å². The number of hydrogen-bond donors (Lipinski definition) is 0. The van der Waals surface area contributed by atoms with Gasteiger partial charge in [-0.15, -0.1) is 0 Å².